The Morgan fingerprint density at radius 2 is 2.20 bits per heavy atom. The quantitative estimate of drug-likeness (QED) is 0.717. The summed E-state index contributed by atoms with van der Waals surface area (Å²) >= 11 is 1.75. The second-order valence-corrected chi connectivity index (χ2v) is 4.92. The highest BCUT2D eigenvalue weighted by Crippen LogP contribution is 2.20. The van der Waals surface area contributed by atoms with E-state index in [0.717, 1.165) is 6.54 Å². The van der Waals surface area contributed by atoms with Crippen LogP contribution in [0.4, 0.5) is 0 Å². The molecule has 1 aromatic rings. The molecule has 86 valence electrons. The average molecular weight is 226 g/mol. The Balaban J connectivity index is 2.19. The van der Waals surface area contributed by atoms with Gasteiger partial charge in [0.25, 0.3) is 0 Å². The highest BCUT2D eigenvalue weighted by Gasteiger charge is 2.09. The Kier molecular flexibility index (Phi) is 5.88. The molecule has 1 heterocycles. The first kappa shape index (κ1) is 12.7. The molecule has 0 aliphatic carbocycles. The van der Waals surface area contributed by atoms with E-state index in [1.54, 1.807) is 11.3 Å². The van der Waals surface area contributed by atoms with E-state index in [1.807, 2.05) is 5.51 Å². The number of hydrogen-bond donors (Lipinski definition) is 1. The van der Waals surface area contributed by atoms with Crippen molar-refractivity contribution >= 4 is 11.3 Å². The summed E-state index contributed by atoms with van der Waals surface area (Å²) in [5, 5.41) is 3.56. The van der Waals surface area contributed by atoms with Crippen LogP contribution in [0.25, 0.3) is 0 Å². The van der Waals surface area contributed by atoms with Gasteiger partial charge in [0, 0.05) is 10.9 Å². The van der Waals surface area contributed by atoms with Crippen molar-refractivity contribution in [3.8, 4) is 0 Å². The summed E-state index contributed by atoms with van der Waals surface area (Å²) in [4.78, 5) is 5.65. The maximum atomic E-state index is 4.27. The summed E-state index contributed by atoms with van der Waals surface area (Å²) in [6.45, 7) is 7.68. The van der Waals surface area contributed by atoms with Gasteiger partial charge in [0.1, 0.15) is 0 Å². The van der Waals surface area contributed by atoms with Gasteiger partial charge in [-0.05, 0) is 26.8 Å². The van der Waals surface area contributed by atoms with Crippen molar-refractivity contribution < 1.29 is 0 Å². The molecule has 0 fully saturated rings. The van der Waals surface area contributed by atoms with Gasteiger partial charge in [0.05, 0.1) is 11.2 Å². The first-order valence-corrected chi connectivity index (χ1v) is 6.77. The molecular formula is C12H22N2S. The van der Waals surface area contributed by atoms with E-state index in [9.17, 15) is 0 Å². The van der Waals surface area contributed by atoms with Crippen LogP contribution in [-0.4, -0.2) is 11.5 Å². The summed E-state index contributed by atoms with van der Waals surface area (Å²) in [6, 6.07) is 0.458. The molecule has 3 heteroatoms. The molecule has 0 amide bonds. The number of aryl methyl sites for hydroxylation is 1. The van der Waals surface area contributed by atoms with E-state index in [4.69, 9.17) is 0 Å². The van der Waals surface area contributed by atoms with Crippen LogP contribution in [0.1, 0.15) is 56.1 Å². The van der Waals surface area contributed by atoms with Gasteiger partial charge < -0.3 is 5.32 Å². The van der Waals surface area contributed by atoms with Crippen molar-refractivity contribution in [3.63, 3.8) is 0 Å². The van der Waals surface area contributed by atoms with Crippen LogP contribution < -0.4 is 5.32 Å². The van der Waals surface area contributed by atoms with Crippen molar-refractivity contribution in [2.75, 3.05) is 6.54 Å². The van der Waals surface area contributed by atoms with Gasteiger partial charge in [0.15, 0.2) is 0 Å². The smallest absolute Gasteiger partial charge is 0.0798 e. The third-order valence-corrected chi connectivity index (χ3v) is 3.77. The summed E-state index contributed by atoms with van der Waals surface area (Å²) in [5.41, 5.74) is 3.11. The topological polar surface area (TPSA) is 24.9 Å². The fourth-order valence-corrected chi connectivity index (χ4v) is 2.52. The number of hydrogen-bond acceptors (Lipinski definition) is 3. The summed E-state index contributed by atoms with van der Waals surface area (Å²) < 4.78 is 0. The third-order valence-electron chi connectivity index (χ3n) is 2.66. The molecule has 1 rings (SSSR count). The molecule has 1 atom stereocenters. The first-order chi connectivity index (χ1) is 7.25. The Morgan fingerprint density at radius 1 is 1.40 bits per heavy atom. The largest absolute Gasteiger partial charge is 0.309 e. The Labute approximate surface area is 97.1 Å². The average Bonchev–Trinajstić information content (AvgIpc) is 2.64. The standard InChI is InChI=1S/C12H22N2S/c1-4-5-6-7-8-13-10(2)12-11(3)14-9-15-12/h9-10,13H,4-8H2,1-3H3. The van der Waals surface area contributed by atoms with Crippen LogP contribution in [0.3, 0.4) is 0 Å². The fourth-order valence-electron chi connectivity index (χ4n) is 1.69. The molecule has 0 aliphatic heterocycles. The molecule has 0 radical (unpaired) electrons. The molecule has 0 spiro atoms. The number of nitrogens with zero attached hydrogens (tertiary/aromatic N) is 1. The molecule has 0 saturated carbocycles. The molecule has 0 bridgehead atoms. The van der Waals surface area contributed by atoms with E-state index >= 15 is 0 Å². The molecule has 1 unspecified atom stereocenters. The fraction of sp³-hybridized carbons (Fsp3) is 0.750. The molecular weight excluding hydrogens is 204 g/mol. The number of nitrogens with one attached hydrogen (secondary N) is 1. The summed E-state index contributed by atoms with van der Waals surface area (Å²) in [6.07, 6.45) is 5.30. The van der Waals surface area contributed by atoms with Crippen LogP contribution in [0.15, 0.2) is 5.51 Å². The van der Waals surface area contributed by atoms with Crippen molar-refractivity contribution in [1.82, 2.24) is 10.3 Å². The summed E-state index contributed by atoms with van der Waals surface area (Å²) in [7, 11) is 0. The number of thiazole rings is 1. The first-order valence-electron chi connectivity index (χ1n) is 5.89. The normalized spacial score (nSPS) is 13.0. The van der Waals surface area contributed by atoms with Gasteiger partial charge in [0.2, 0.25) is 0 Å². The van der Waals surface area contributed by atoms with Crippen LogP contribution >= 0.6 is 11.3 Å². The van der Waals surface area contributed by atoms with Gasteiger partial charge in [-0.2, -0.15) is 0 Å². The Bertz CT molecular complexity index is 270. The monoisotopic (exact) mass is 226 g/mol. The van der Waals surface area contributed by atoms with Gasteiger partial charge >= 0.3 is 0 Å². The highest BCUT2D eigenvalue weighted by molar-refractivity contribution is 7.09. The molecule has 0 saturated heterocycles. The number of aromatic nitrogens is 1. The van der Waals surface area contributed by atoms with Crippen molar-refractivity contribution in [1.29, 1.82) is 0 Å². The minimum absolute atomic E-state index is 0.458. The lowest BCUT2D eigenvalue weighted by atomic mass is 10.2. The lowest BCUT2D eigenvalue weighted by Crippen LogP contribution is -2.19. The highest BCUT2D eigenvalue weighted by atomic mass is 32.1. The van der Waals surface area contributed by atoms with Crippen molar-refractivity contribution in [3.05, 3.63) is 16.1 Å². The zero-order valence-corrected chi connectivity index (χ0v) is 10.9. The molecule has 0 aromatic carbocycles. The number of rotatable bonds is 7. The summed E-state index contributed by atoms with van der Waals surface area (Å²) in [5.74, 6) is 0. The van der Waals surface area contributed by atoms with E-state index in [2.05, 4.69) is 31.1 Å². The van der Waals surface area contributed by atoms with Crippen LogP contribution in [-0.2, 0) is 0 Å². The van der Waals surface area contributed by atoms with E-state index in [0.29, 0.717) is 6.04 Å². The minimum Gasteiger partial charge on any atom is -0.309 e. The second kappa shape index (κ2) is 6.96. The zero-order chi connectivity index (χ0) is 11.1. The molecule has 2 nitrogen and oxygen atoms in total. The lowest BCUT2D eigenvalue weighted by Gasteiger charge is -2.12. The van der Waals surface area contributed by atoms with Crippen LogP contribution in [0.5, 0.6) is 0 Å². The molecule has 1 N–H and O–H groups in total. The van der Waals surface area contributed by atoms with Gasteiger partial charge in [-0.15, -0.1) is 11.3 Å². The van der Waals surface area contributed by atoms with Crippen LogP contribution in [0.2, 0.25) is 0 Å². The lowest BCUT2D eigenvalue weighted by molar-refractivity contribution is 0.540. The van der Waals surface area contributed by atoms with Gasteiger partial charge in [-0.3, -0.25) is 0 Å². The second-order valence-electron chi connectivity index (χ2n) is 4.04. The van der Waals surface area contributed by atoms with E-state index in [-0.39, 0.29) is 0 Å². The maximum Gasteiger partial charge on any atom is 0.0798 e. The van der Waals surface area contributed by atoms with Gasteiger partial charge in [-0.1, -0.05) is 26.2 Å². The molecule has 15 heavy (non-hydrogen) atoms. The molecule has 0 aliphatic rings. The predicted molar refractivity (Wildman–Crippen MR) is 67.4 cm³/mol. The SMILES string of the molecule is CCCCCCNC(C)c1scnc1C. The maximum absolute atomic E-state index is 4.27. The van der Waals surface area contributed by atoms with Crippen molar-refractivity contribution in [2.45, 2.75) is 52.5 Å². The van der Waals surface area contributed by atoms with Crippen molar-refractivity contribution in [2.24, 2.45) is 0 Å². The number of unbranched alkanes of at least 4 members (excludes halogenated alkanes) is 3. The Morgan fingerprint density at radius 3 is 2.80 bits per heavy atom. The van der Waals surface area contributed by atoms with E-state index in [1.165, 1.54) is 36.3 Å². The van der Waals surface area contributed by atoms with E-state index < -0.39 is 0 Å². The minimum atomic E-state index is 0.458. The third kappa shape index (κ3) is 4.31. The Hall–Kier alpha value is -0.410. The zero-order valence-electron chi connectivity index (χ0n) is 10.0. The van der Waals surface area contributed by atoms with Gasteiger partial charge in [-0.25, -0.2) is 4.98 Å². The predicted octanol–water partition coefficient (Wildman–Crippen LogP) is 3.68. The molecule has 1 aromatic heterocycles. The van der Waals surface area contributed by atoms with Crippen LogP contribution in [0, 0.1) is 6.92 Å².